The lowest BCUT2D eigenvalue weighted by Crippen LogP contribution is -2.57. The molecule has 2 saturated carbocycles. The summed E-state index contributed by atoms with van der Waals surface area (Å²) in [5.74, 6) is -0.175. The molecule has 5 nitrogen and oxygen atoms in total. The number of carboxylic acids is 1. The van der Waals surface area contributed by atoms with E-state index in [-0.39, 0.29) is 45.7 Å². The Morgan fingerprint density at radius 2 is 1.80 bits per heavy atom. The Hall–Kier alpha value is -1.75. The van der Waals surface area contributed by atoms with E-state index in [9.17, 15) is 24.6 Å². The zero-order chi connectivity index (χ0) is 26.1. The number of ketones is 2. The number of Topliss-reactive ketones (excluding diaryl/α,β-unsaturated/α-hetero) is 2. The van der Waals surface area contributed by atoms with Crippen molar-refractivity contribution in [2.75, 3.05) is 0 Å². The van der Waals surface area contributed by atoms with E-state index < -0.39 is 22.9 Å². The van der Waals surface area contributed by atoms with Gasteiger partial charge in [0.05, 0.1) is 12.1 Å². The number of fused-ring (bicyclic) bond motifs is 4. The number of aliphatic carboxylic acids is 1. The lowest BCUT2D eigenvalue weighted by Gasteiger charge is -2.60. The Balaban J connectivity index is 1.71. The highest BCUT2D eigenvalue weighted by molar-refractivity contribution is 6.01. The smallest absolute Gasteiger partial charge is 0.159 e. The summed E-state index contributed by atoms with van der Waals surface area (Å²) in [6.45, 7) is 14.5. The molecule has 0 saturated heterocycles. The van der Waals surface area contributed by atoms with E-state index in [2.05, 4.69) is 27.7 Å². The van der Waals surface area contributed by atoms with Gasteiger partial charge in [0, 0.05) is 29.2 Å². The number of carbonyl (C=O) groups excluding carboxylic acids is 3. The van der Waals surface area contributed by atoms with Crippen molar-refractivity contribution in [2.45, 2.75) is 106 Å². The molecular weight excluding hydrogens is 440 g/mol. The highest BCUT2D eigenvalue weighted by atomic mass is 16.4. The second-order valence-electron chi connectivity index (χ2n) is 13.3. The molecule has 0 aromatic carbocycles. The summed E-state index contributed by atoms with van der Waals surface area (Å²) >= 11 is 0. The SMILES string of the molecule is C/C(=C\CC[C@@H](C)[C@H]1C[C@H](O)[C@@]2(C)C3=C(CC[C@]12C)[C@@]1(C)CCC(=O)C(C)(C)C1CC3=O)C(=O)[O-]. The van der Waals surface area contributed by atoms with Crippen molar-refractivity contribution in [3.8, 4) is 0 Å². The lowest BCUT2D eigenvalue weighted by atomic mass is 9.43. The maximum atomic E-state index is 13.9. The second-order valence-corrected chi connectivity index (χ2v) is 13.3. The standard InChI is InChI=1S/C30H44O5/c1-17(9-8-10-18(2)26(34)35)20-15-24(33)30(7)25-19(11-14-29(20,30)6)28(5)13-12-23(32)27(3,4)22(28)16-21(25)31/h10,17,20,22,24,33H,8-9,11-16H2,1-7H3,(H,34,35)/p-1/b18-10+/t17-,20-,22?,24+,28-,29-,30+/m1/s1. The Morgan fingerprint density at radius 3 is 2.43 bits per heavy atom. The molecule has 1 unspecified atom stereocenters. The summed E-state index contributed by atoms with van der Waals surface area (Å²) in [5, 5.41) is 22.6. The number of allylic oxidation sites excluding steroid dienone is 2. The van der Waals surface area contributed by atoms with E-state index in [0.29, 0.717) is 25.7 Å². The highest BCUT2D eigenvalue weighted by Crippen LogP contribution is 2.71. The van der Waals surface area contributed by atoms with E-state index in [1.165, 1.54) is 5.57 Å². The van der Waals surface area contributed by atoms with Crippen molar-refractivity contribution in [2.24, 2.45) is 39.4 Å². The van der Waals surface area contributed by atoms with Gasteiger partial charge in [-0.1, -0.05) is 53.2 Å². The van der Waals surface area contributed by atoms with Gasteiger partial charge in [-0.15, -0.1) is 0 Å². The monoisotopic (exact) mass is 483 g/mol. The molecule has 2 fully saturated rings. The zero-order valence-corrected chi connectivity index (χ0v) is 22.6. The van der Waals surface area contributed by atoms with Crippen LogP contribution in [0, 0.1) is 39.4 Å². The van der Waals surface area contributed by atoms with Gasteiger partial charge in [0.1, 0.15) is 5.78 Å². The minimum atomic E-state index is -1.13. The van der Waals surface area contributed by atoms with Crippen LogP contribution in [0.4, 0.5) is 0 Å². The molecule has 4 aliphatic carbocycles. The molecule has 0 amide bonds. The molecule has 194 valence electrons. The summed E-state index contributed by atoms with van der Waals surface area (Å²) in [4.78, 5) is 37.7. The van der Waals surface area contributed by atoms with Gasteiger partial charge in [0.15, 0.2) is 5.78 Å². The summed E-state index contributed by atoms with van der Waals surface area (Å²) < 4.78 is 0. The molecule has 4 rings (SSSR count). The first-order valence-electron chi connectivity index (χ1n) is 13.5. The van der Waals surface area contributed by atoms with E-state index in [1.54, 1.807) is 13.0 Å². The fourth-order valence-electron chi connectivity index (χ4n) is 8.95. The Labute approximate surface area is 210 Å². The molecule has 0 aromatic heterocycles. The molecule has 0 spiro atoms. The molecule has 0 aliphatic heterocycles. The van der Waals surface area contributed by atoms with E-state index >= 15 is 0 Å². The molecule has 0 radical (unpaired) electrons. The average molecular weight is 484 g/mol. The maximum absolute atomic E-state index is 13.9. The predicted molar refractivity (Wildman–Crippen MR) is 133 cm³/mol. The van der Waals surface area contributed by atoms with Gasteiger partial charge in [-0.2, -0.15) is 0 Å². The van der Waals surface area contributed by atoms with Crippen LogP contribution in [-0.4, -0.2) is 28.7 Å². The van der Waals surface area contributed by atoms with Gasteiger partial charge >= 0.3 is 0 Å². The molecular formula is C30H43O5-. The summed E-state index contributed by atoms with van der Waals surface area (Å²) in [5.41, 5.74) is 0.858. The molecule has 1 N–H and O–H groups in total. The van der Waals surface area contributed by atoms with Crippen LogP contribution in [0.5, 0.6) is 0 Å². The van der Waals surface area contributed by atoms with Gasteiger partial charge in [-0.05, 0) is 79.6 Å². The van der Waals surface area contributed by atoms with E-state index in [4.69, 9.17) is 0 Å². The topological polar surface area (TPSA) is 94.5 Å². The van der Waals surface area contributed by atoms with Crippen LogP contribution in [0.15, 0.2) is 22.8 Å². The number of aliphatic hydroxyl groups excluding tert-OH is 1. The van der Waals surface area contributed by atoms with Crippen LogP contribution in [-0.2, 0) is 14.4 Å². The fraction of sp³-hybridized carbons (Fsp3) is 0.767. The Bertz CT molecular complexity index is 1020. The van der Waals surface area contributed by atoms with Gasteiger partial charge in [-0.3, -0.25) is 9.59 Å². The van der Waals surface area contributed by atoms with Crippen LogP contribution in [0.25, 0.3) is 0 Å². The van der Waals surface area contributed by atoms with E-state index in [0.717, 1.165) is 31.3 Å². The number of rotatable bonds is 5. The van der Waals surface area contributed by atoms with Crippen molar-refractivity contribution in [1.82, 2.24) is 0 Å². The summed E-state index contributed by atoms with van der Waals surface area (Å²) in [6, 6.07) is 0. The first kappa shape index (κ1) is 26.3. The zero-order valence-electron chi connectivity index (χ0n) is 22.6. The van der Waals surface area contributed by atoms with Crippen molar-refractivity contribution in [3.05, 3.63) is 22.8 Å². The van der Waals surface area contributed by atoms with Gasteiger partial charge in [0.25, 0.3) is 0 Å². The number of carboxylic acid groups (broad SMARTS) is 1. The lowest BCUT2D eigenvalue weighted by molar-refractivity contribution is -0.299. The molecule has 7 atom stereocenters. The minimum absolute atomic E-state index is 0.0162. The fourth-order valence-corrected chi connectivity index (χ4v) is 8.95. The van der Waals surface area contributed by atoms with Gasteiger partial charge < -0.3 is 15.0 Å². The van der Waals surface area contributed by atoms with Crippen LogP contribution < -0.4 is 5.11 Å². The maximum Gasteiger partial charge on any atom is 0.159 e. The number of carbonyl (C=O) groups is 3. The third-order valence-corrected chi connectivity index (χ3v) is 11.5. The predicted octanol–water partition coefficient (Wildman–Crippen LogP) is 4.57. The average Bonchev–Trinajstić information content (AvgIpc) is 2.99. The van der Waals surface area contributed by atoms with Crippen LogP contribution in [0.1, 0.15) is 99.8 Å². The van der Waals surface area contributed by atoms with Crippen LogP contribution in [0.2, 0.25) is 0 Å². The molecule has 4 aliphatic rings. The van der Waals surface area contributed by atoms with Gasteiger partial charge in [-0.25, -0.2) is 0 Å². The third-order valence-electron chi connectivity index (χ3n) is 11.5. The quantitative estimate of drug-likeness (QED) is 0.578. The molecule has 0 bridgehead atoms. The summed E-state index contributed by atoms with van der Waals surface area (Å²) in [6.07, 6.45) is 6.81. The summed E-state index contributed by atoms with van der Waals surface area (Å²) in [7, 11) is 0. The third kappa shape index (κ3) is 3.54. The van der Waals surface area contributed by atoms with Gasteiger partial charge in [0.2, 0.25) is 0 Å². The first-order chi connectivity index (χ1) is 16.1. The minimum Gasteiger partial charge on any atom is -0.545 e. The van der Waals surface area contributed by atoms with Crippen molar-refractivity contribution < 1.29 is 24.6 Å². The molecule has 0 heterocycles. The number of aliphatic hydroxyl groups is 1. The highest BCUT2D eigenvalue weighted by Gasteiger charge is 2.68. The first-order valence-corrected chi connectivity index (χ1v) is 13.5. The largest absolute Gasteiger partial charge is 0.545 e. The molecule has 0 aromatic rings. The van der Waals surface area contributed by atoms with Crippen molar-refractivity contribution in [3.63, 3.8) is 0 Å². The van der Waals surface area contributed by atoms with Crippen molar-refractivity contribution in [1.29, 1.82) is 0 Å². The second kappa shape index (κ2) is 8.39. The van der Waals surface area contributed by atoms with Crippen molar-refractivity contribution >= 4 is 17.5 Å². The number of hydrogen-bond acceptors (Lipinski definition) is 5. The Kier molecular flexibility index (Phi) is 6.31. The normalized spacial score (nSPS) is 41.8. The molecule has 35 heavy (non-hydrogen) atoms. The Morgan fingerprint density at radius 1 is 1.14 bits per heavy atom. The van der Waals surface area contributed by atoms with Crippen LogP contribution in [0.3, 0.4) is 0 Å². The van der Waals surface area contributed by atoms with Crippen LogP contribution >= 0.6 is 0 Å². The number of hydrogen-bond donors (Lipinski definition) is 1. The molecule has 5 heteroatoms. The van der Waals surface area contributed by atoms with E-state index in [1.807, 2.05) is 13.8 Å².